The van der Waals surface area contributed by atoms with Gasteiger partial charge in [-0.25, -0.2) is 0 Å². The van der Waals surface area contributed by atoms with Gasteiger partial charge in [0.15, 0.2) is 11.6 Å². The van der Waals surface area contributed by atoms with E-state index in [1.165, 1.54) is 0 Å². The molecule has 0 aromatic heterocycles. The highest BCUT2D eigenvalue weighted by Crippen LogP contribution is 2.37. The average Bonchev–Trinajstić information content (AvgIpc) is 2.69. The molecule has 0 N–H and O–H groups in total. The van der Waals surface area contributed by atoms with Crippen LogP contribution in [0.2, 0.25) is 10.0 Å². The molecule has 0 spiro atoms. The SMILES string of the molecule is O=C(CC(CC(=O)c1ccccc1)c1c(Cl)cccc1Cl)c1ccccc1. The third-order valence-electron chi connectivity index (χ3n) is 4.46. The maximum atomic E-state index is 12.8. The standard InChI is InChI=1S/C23H18Cl2O2/c24-19-12-7-13-20(25)23(19)18(14-21(26)16-8-3-1-4-9-16)15-22(27)17-10-5-2-6-11-17/h1-13,18H,14-15H2. The van der Waals surface area contributed by atoms with Crippen molar-refractivity contribution in [3.8, 4) is 0 Å². The summed E-state index contributed by atoms with van der Waals surface area (Å²) in [6.07, 6.45) is 0.318. The summed E-state index contributed by atoms with van der Waals surface area (Å²) in [6, 6.07) is 23.3. The summed E-state index contributed by atoms with van der Waals surface area (Å²) < 4.78 is 0. The van der Waals surface area contributed by atoms with Crippen LogP contribution in [0.25, 0.3) is 0 Å². The summed E-state index contributed by atoms with van der Waals surface area (Å²) in [5.41, 5.74) is 1.87. The Morgan fingerprint density at radius 2 is 1.04 bits per heavy atom. The summed E-state index contributed by atoms with van der Waals surface area (Å²) >= 11 is 12.8. The fourth-order valence-electron chi connectivity index (χ4n) is 3.11. The van der Waals surface area contributed by atoms with Crippen molar-refractivity contribution in [1.82, 2.24) is 0 Å². The number of ketones is 2. The van der Waals surface area contributed by atoms with Crippen molar-refractivity contribution in [2.45, 2.75) is 18.8 Å². The van der Waals surface area contributed by atoms with Gasteiger partial charge in [0.1, 0.15) is 0 Å². The molecule has 4 heteroatoms. The predicted molar refractivity (Wildman–Crippen MR) is 110 cm³/mol. The Bertz CT molecular complexity index is 863. The van der Waals surface area contributed by atoms with Crippen LogP contribution < -0.4 is 0 Å². The van der Waals surface area contributed by atoms with Crippen LogP contribution >= 0.6 is 23.2 Å². The third kappa shape index (κ3) is 4.85. The second kappa shape index (κ2) is 8.98. The number of hydrogen-bond acceptors (Lipinski definition) is 2. The minimum atomic E-state index is -0.397. The number of Topliss-reactive ketones (excluding diaryl/α,β-unsaturated/α-hetero) is 2. The second-order valence-electron chi connectivity index (χ2n) is 6.32. The Kier molecular flexibility index (Phi) is 6.44. The van der Waals surface area contributed by atoms with Crippen LogP contribution in [0.15, 0.2) is 78.9 Å². The molecule has 0 amide bonds. The first-order chi connectivity index (χ1) is 13.1. The van der Waals surface area contributed by atoms with E-state index >= 15 is 0 Å². The minimum Gasteiger partial charge on any atom is -0.294 e. The monoisotopic (exact) mass is 396 g/mol. The zero-order valence-electron chi connectivity index (χ0n) is 14.6. The Labute approximate surface area is 168 Å². The molecule has 0 unspecified atom stereocenters. The van der Waals surface area contributed by atoms with Crippen molar-refractivity contribution < 1.29 is 9.59 Å². The van der Waals surface area contributed by atoms with Crippen molar-refractivity contribution in [2.24, 2.45) is 0 Å². The van der Waals surface area contributed by atoms with Crippen LogP contribution in [0.3, 0.4) is 0 Å². The van der Waals surface area contributed by atoms with E-state index in [1.54, 1.807) is 42.5 Å². The number of carbonyl (C=O) groups excluding carboxylic acids is 2. The molecule has 0 fully saturated rings. The minimum absolute atomic E-state index is 0.0440. The van der Waals surface area contributed by atoms with E-state index in [4.69, 9.17) is 23.2 Å². The van der Waals surface area contributed by atoms with Gasteiger partial charge in [0.05, 0.1) is 0 Å². The fourth-order valence-corrected chi connectivity index (χ4v) is 3.81. The third-order valence-corrected chi connectivity index (χ3v) is 5.12. The molecular weight excluding hydrogens is 379 g/mol. The maximum absolute atomic E-state index is 12.8. The fraction of sp³-hybridized carbons (Fsp3) is 0.130. The lowest BCUT2D eigenvalue weighted by atomic mass is 9.86. The molecule has 3 rings (SSSR count). The topological polar surface area (TPSA) is 34.1 Å². The van der Waals surface area contributed by atoms with Crippen molar-refractivity contribution in [2.75, 3.05) is 0 Å². The summed E-state index contributed by atoms with van der Waals surface area (Å²) in [5, 5.41) is 0.934. The predicted octanol–water partition coefficient (Wildman–Crippen LogP) is 6.62. The lowest BCUT2D eigenvalue weighted by Gasteiger charge is -2.19. The zero-order chi connectivity index (χ0) is 19.2. The molecule has 0 aliphatic heterocycles. The molecule has 0 saturated carbocycles. The average molecular weight is 397 g/mol. The van der Waals surface area contributed by atoms with Crippen LogP contribution in [0, 0.1) is 0 Å². The van der Waals surface area contributed by atoms with Gasteiger partial charge in [0, 0.05) is 39.9 Å². The van der Waals surface area contributed by atoms with Gasteiger partial charge in [-0.3, -0.25) is 9.59 Å². The van der Waals surface area contributed by atoms with Gasteiger partial charge < -0.3 is 0 Å². The van der Waals surface area contributed by atoms with E-state index in [0.717, 1.165) is 0 Å². The van der Waals surface area contributed by atoms with E-state index in [1.807, 2.05) is 36.4 Å². The van der Waals surface area contributed by atoms with Gasteiger partial charge >= 0.3 is 0 Å². The quantitative estimate of drug-likeness (QED) is 0.420. The summed E-state index contributed by atoms with van der Waals surface area (Å²) in [4.78, 5) is 25.5. The lowest BCUT2D eigenvalue weighted by molar-refractivity contribution is 0.0944. The highest BCUT2D eigenvalue weighted by atomic mass is 35.5. The highest BCUT2D eigenvalue weighted by molar-refractivity contribution is 6.36. The Hall–Kier alpha value is -2.42. The van der Waals surface area contributed by atoms with Crippen LogP contribution in [0.1, 0.15) is 45.0 Å². The molecule has 3 aromatic rings. The Balaban J connectivity index is 1.91. The number of benzene rings is 3. The summed E-state index contributed by atoms with van der Waals surface area (Å²) in [6.45, 7) is 0. The molecular formula is C23H18Cl2O2. The maximum Gasteiger partial charge on any atom is 0.163 e. The van der Waals surface area contributed by atoms with Gasteiger partial charge in [0.25, 0.3) is 0 Å². The smallest absolute Gasteiger partial charge is 0.163 e. The van der Waals surface area contributed by atoms with Gasteiger partial charge in [-0.1, -0.05) is 89.9 Å². The van der Waals surface area contributed by atoms with Crippen molar-refractivity contribution in [3.63, 3.8) is 0 Å². The summed E-state index contributed by atoms with van der Waals surface area (Å²) in [5.74, 6) is -0.485. The van der Waals surface area contributed by atoms with Gasteiger partial charge in [-0.15, -0.1) is 0 Å². The number of hydrogen-bond donors (Lipinski definition) is 0. The Morgan fingerprint density at radius 3 is 1.44 bits per heavy atom. The molecule has 27 heavy (non-hydrogen) atoms. The first-order valence-electron chi connectivity index (χ1n) is 8.66. The molecule has 2 nitrogen and oxygen atoms in total. The van der Waals surface area contributed by atoms with Gasteiger partial charge in [-0.2, -0.15) is 0 Å². The molecule has 0 aliphatic carbocycles. The first kappa shape index (κ1) is 19.3. The van der Waals surface area contributed by atoms with Crippen LogP contribution in [0.4, 0.5) is 0 Å². The van der Waals surface area contributed by atoms with E-state index in [9.17, 15) is 9.59 Å². The number of rotatable bonds is 7. The highest BCUT2D eigenvalue weighted by Gasteiger charge is 2.25. The van der Waals surface area contributed by atoms with Crippen molar-refractivity contribution >= 4 is 34.8 Å². The first-order valence-corrected chi connectivity index (χ1v) is 9.42. The van der Waals surface area contributed by atoms with Crippen LogP contribution in [-0.2, 0) is 0 Å². The molecule has 0 radical (unpaired) electrons. The number of carbonyl (C=O) groups is 2. The normalized spacial score (nSPS) is 10.8. The molecule has 0 aliphatic rings. The summed E-state index contributed by atoms with van der Waals surface area (Å²) in [7, 11) is 0. The van der Waals surface area contributed by atoms with Crippen molar-refractivity contribution in [1.29, 1.82) is 0 Å². The largest absolute Gasteiger partial charge is 0.294 e. The van der Waals surface area contributed by atoms with Gasteiger partial charge in [0.2, 0.25) is 0 Å². The van der Waals surface area contributed by atoms with Crippen LogP contribution in [0.5, 0.6) is 0 Å². The Morgan fingerprint density at radius 1 is 0.630 bits per heavy atom. The zero-order valence-corrected chi connectivity index (χ0v) is 16.1. The second-order valence-corrected chi connectivity index (χ2v) is 7.13. The van der Waals surface area contributed by atoms with E-state index in [0.29, 0.717) is 26.7 Å². The molecule has 136 valence electrons. The van der Waals surface area contributed by atoms with Crippen molar-refractivity contribution in [3.05, 3.63) is 106 Å². The molecule has 0 atom stereocenters. The van der Waals surface area contributed by atoms with E-state index in [2.05, 4.69) is 0 Å². The number of halogens is 2. The van der Waals surface area contributed by atoms with E-state index < -0.39 is 5.92 Å². The van der Waals surface area contributed by atoms with Gasteiger partial charge in [-0.05, 0) is 17.7 Å². The van der Waals surface area contributed by atoms with E-state index in [-0.39, 0.29) is 24.4 Å². The molecule has 3 aromatic carbocycles. The molecule has 0 saturated heterocycles. The van der Waals surface area contributed by atoms with Crippen LogP contribution in [-0.4, -0.2) is 11.6 Å². The molecule has 0 bridgehead atoms. The lowest BCUT2D eigenvalue weighted by Crippen LogP contribution is -2.13. The molecule has 0 heterocycles.